The van der Waals surface area contributed by atoms with E-state index in [0.29, 0.717) is 5.69 Å². The molecule has 0 aliphatic heterocycles. The van der Waals surface area contributed by atoms with Crippen molar-refractivity contribution in [1.29, 1.82) is 0 Å². The second-order valence-electron chi connectivity index (χ2n) is 4.20. The second-order valence-corrected chi connectivity index (χ2v) is 4.20. The maximum absolute atomic E-state index is 12.2. The molecule has 0 atom stereocenters. The van der Waals surface area contributed by atoms with Crippen LogP contribution in [0.3, 0.4) is 0 Å². The minimum absolute atomic E-state index is 0.0898. The van der Waals surface area contributed by atoms with E-state index in [9.17, 15) is 18.0 Å². The fourth-order valence-corrected chi connectivity index (χ4v) is 1.44. The highest BCUT2D eigenvalue weighted by molar-refractivity contribution is 5.80. The molecule has 0 radical (unpaired) electrons. The van der Waals surface area contributed by atoms with Gasteiger partial charge in [0.25, 0.3) is 0 Å². The first-order chi connectivity index (χ1) is 10.8. The van der Waals surface area contributed by atoms with E-state index >= 15 is 0 Å². The van der Waals surface area contributed by atoms with Crippen molar-refractivity contribution in [2.75, 3.05) is 11.5 Å². The molecule has 2 rings (SSSR count). The number of nitrogen functional groups attached to an aromatic ring is 2. The van der Waals surface area contributed by atoms with Gasteiger partial charge < -0.3 is 16.2 Å². The van der Waals surface area contributed by atoms with Crippen molar-refractivity contribution in [1.82, 2.24) is 4.98 Å². The Morgan fingerprint density at radius 1 is 1.09 bits per heavy atom. The molecule has 0 fully saturated rings. The van der Waals surface area contributed by atoms with Crippen LogP contribution in [0, 0.1) is 0 Å². The Morgan fingerprint density at radius 2 is 1.74 bits per heavy atom. The van der Waals surface area contributed by atoms with Crippen LogP contribution in [-0.2, 0) is 4.79 Å². The van der Waals surface area contributed by atoms with Gasteiger partial charge in [-0.3, -0.25) is 0 Å². The number of hydrogen-bond acceptors (Lipinski definition) is 7. The maximum Gasteiger partial charge on any atom is 0.491 e. The average Bonchev–Trinajstić information content (AvgIpc) is 2.48. The Morgan fingerprint density at radius 3 is 2.35 bits per heavy atom. The van der Waals surface area contributed by atoms with E-state index in [1.165, 1.54) is 0 Å². The quantitative estimate of drug-likeness (QED) is 0.664. The van der Waals surface area contributed by atoms with Crippen molar-refractivity contribution in [3.05, 3.63) is 36.4 Å². The first-order valence-corrected chi connectivity index (χ1v) is 6.09. The number of azo groups is 1. The highest BCUT2D eigenvalue weighted by Crippen LogP contribution is 2.32. The molecule has 0 bridgehead atoms. The predicted octanol–water partition coefficient (Wildman–Crippen LogP) is 3.13. The topological polar surface area (TPSA) is 116 Å². The second kappa shape index (κ2) is 6.30. The molecule has 0 amide bonds. The zero-order valence-corrected chi connectivity index (χ0v) is 11.4. The normalized spacial score (nSPS) is 11.6. The van der Waals surface area contributed by atoms with Crippen molar-refractivity contribution in [3.63, 3.8) is 0 Å². The molecule has 1 aromatic heterocycles. The molecule has 0 unspecified atom stereocenters. The lowest BCUT2D eigenvalue weighted by Crippen LogP contribution is -2.28. The minimum atomic E-state index is -5.17. The summed E-state index contributed by atoms with van der Waals surface area (Å²) in [5, 5.41) is 7.59. The predicted molar refractivity (Wildman–Crippen MR) is 75.4 cm³/mol. The van der Waals surface area contributed by atoms with Crippen molar-refractivity contribution in [3.8, 4) is 5.75 Å². The molecule has 120 valence electrons. The fourth-order valence-electron chi connectivity index (χ4n) is 1.44. The van der Waals surface area contributed by atoms with E-state index in [1.807, 2.05) is 0 Å². The summed E-state index contributed by atoms with van der Waals surface area (Å²) >= 11 is 0. The number of ether oxygens (including phenoxy) is 1. The highest BCUT2D eigenvalue weighted by atomic mass is 19.4. The van der Waals surface area contributed by atoms with Gasteiger partial charge in [-0.2, -0.15) is 18.3 Å². The molecule has 0 aliphatic carbocycles. The summed E-state index contributed by atoms with van der Waals surface area (Å²) in [6, 6.07) is 9.45. The van der Waals surface area contributed by atoms with E-state index in [1.54, 1.807) is 30.3 Å². The standard InChI is InChI=1S/C13H10F3N5O2/c14-13(15,16)12(22)23-9-6-8(10(17)19-11(9)18)21-20-7-4-2-1-3-5-7/h1-6H,(H4,17,18,19). The van der Waals surface area contributed by atoms with Gasteiger partial charge in [-0.25, -0.2) is 9.78 Å². The molecule has 23 heavy (non-hydrogen) atoms. The van der Waals surface area contributed by atoms with Crippen molar-refractivity contribution in [2.24, 2.45) is 10.2 Å². The molecule has 1 heterocycles. The maximum atomic E-state index is 12.2. The summed E-state index contributed by atoms with van der Waals surface area (Å²) in [6.07, 6.45) is -5.17. The van der Waals surface area contributed by atoms with Gasteiger partial charge in [0.15, 0.2) is 17.4 Å². The van der Waals surface area contributed by atoms with E-state index in [-0.39, 0.29) is 11.5 Å². The summed E-state index contributed by atoms with van der Waals surface area (Å²) in [4.78, 5) is 14.4. The average molecular weight is 325 g/mol. The van der Waals surface area contributed by atoms with Gasteiger partial charge >= 0.3 is 12.1 Å². The van der Waals surface area contributed by atoms with Crippen molar-refractivity contribution in [2.45, 2.75) is 6.18 Å². The summed E-state index contributed by atoms with van der Waals surface area (Å²) < 4.78 is 40.8. The number of aromatic nitrogens is 1. The SMILES string of the molecule is Nc1nc(N)c(OC(=O)C(F)(F)F)cc1N=Nc1ccccc1. The lowest BCUT2D eigenvalue weighted by Gasteiger charge is -2.09. The highest BCUT2D eigenvalue weighted by Gasteiger charge is 2.41. The lowest BCUT2D eigenvalue weighted by atomic mass is 10.3. The Balaban J connectivity index is 2.29. The van der Waals surface area contributed by atoms with Crippen LogP contribution in [0.2, 0.25) is 0 Å². The van der Waals surface area contributed by atoms with Gasteiger partial charge in [-0.15, -0.1) is 5.11 Å². The van der Waals surface area contributed by atoms with Crippen molar-refractivity contribution >= 4 is 29.0 Å². The van der Waals surface area contributed by atoms with Crippen LogP contribution in [0.15, 0.2) is 46.6 Å². The summed E-state index contributed by atoms with van der Waals surface area (Å²) in [5.74, 6) is -3.68. The molecular formula is C13H10F3N5O2. The van der Waals surface area contributed by atoms with E-state index in [0.717, 1.165) is 6.07 Å². The Labute approximate surface area is 127 Å². The third-order valence-corrected chi connectivity index (χ3v) is 2.49. The van der Waals surface area contributed by atoms with Gasteiger partial charge in [0.1, 0.15) is 5.69 Å². The van der Waals surface area contributed by atoms with E-state index in [2.05, 4.69) is 19.9 Å². The summed E-state index contributed by atoms with van der Waals surface area (Å²) in [7, 11) is 0. The van der Waals surface area contributed by atoms with Gasteiger partial charge in [0, 0.05) is 6.07 Å². The largest absolute Gasteiger partial charge is 0.491 e. The van der Waals surface area contributed by atoms with Crippen LogP contribution in [0.4, 0.5) is 36.2 Å². The van der Waals surface area contributed by atoms with Crippen LogP contribution in [0.5, 0.6) is 5.75 Å². The molecule has 4 N–H and O–H groups in total. The summed E-state index contributed by atoms with van der Waals surface area (Å²) in [5.41, 5.74) is 11.3. The number of pyridine rings is 1. The van der Waals surface area contributed by atoms with Gasteiger partial charge in [0.2, 0.25) is 0 Å². The number of hydrogen-bond donors (Lipinski definition) is 2. The third kappa shape index (κ3) is 4.15. The molecule has 10 heteroatoms. The van der Waals surface area contributed by atoms with Crippen LogP contribution in [0.25, 0.3) is 0 Å². The molecule has 0 aliphatic rings. The molecule has 0 saturated heterocycles. The van der Waals surface area contributed by atoms with Gasteiger partial charge in [-0.1, -0.05) is 18.2 Å². The molecular weight excluding hydrogens is 315 g/mol. The smallest absolute Gasteiger partial charge is 0.416 e. The first-order valence-electron chi connectivity index (χ1n) is 6.09. The number of alkyl halides is 3. The van der Waals surface area contributed by atoms with Gasteiger partial charge in [0.05, 0.1) is 5.69 Å². The number of nitrogens with zero attached hydrogens (tertiary/aromatic N) is 3. The van der Waals surface area contributed by atoms with Gasteiger partial charge in [-0.05, 0) is 12.1 Å². The first kappa shape index (κ1) is 16.2. The number of rotatable bonds is 3. The van der Waals surface area contributed by atoms with E-state index in [4.69, 9.17) is 11.5 Å². The summed E-state index contributed by atoms with van der Waals surface area (Å²) in [6.45, 7) is 0. The molecule has 2 aromatic rings. The number of carbonyl (C=O) groups excluding carboxylic acids is 1. The zero-order chi connectivity index (χ0) is 17.0. The monoisotopic (exact) mass is 325 g/mol. The third-order valence-electron chi connectivity index (χ3n) is 2.49. The number of benzene rings is 1. The molecule has 7 nitrogen and oxygen atoms in total. The Hall–Kier alpha value is -3.17. The number of nitrogens with two attached hydrogens (primary N) is 2. The fraction of sp³-hybridized carbons (Fsp3) is 0.0769. The van der Waals surface area contributed by atoms with Crippen LogP contribution in [0.1, 0.15) is 0 Å². The number of esters is 1. The number of halogens is 3. The van der Waals surface area contributed by atoms with Crippen LogP contribution < -0.4 is 16.2 Å². The van der Waals surface area contributed by atoms with Crippen molar-refractivity contribution < 1.29 is 22.7 Å². The number of carbonyl (C=O) groups is 1. The minimum Gasteiger partial charge on any atom is -0.416 e. The number of anilines is 2. The molecule has 1 aromatic carbocycles. The molecule has 0 spiro atoms. The van der Waals surface area contributed by atoms with Crippen LogP contribution in [-0.4, -0.2) is 17.1 Å². The van der Waals surface area contributed by atoms with Crippen LogP contribution >= 0.6 is 0 Å². The zero-order valence-electron chi connectivity index (χ0n) is 11.4. The lowest BCUT2D eigenvalue weighted by molar-refractivity contribution is -0.189. The Bertz CT molecular complexity index is 747. The Kier molecular flexibility index (Phi) is 4.44. The van der Waals surface area contributed by atoms with E-state index < -0.39 is 23.7 Å². The molecule has 0 saturated carbocycles.